The highest BCUT2D eigenvalue weighted by Gasteiger charge is 2.11. The Hall–Kier alpha value is -1.09. The molecule has 0 saturated carbocycles. The molecule has 0 radical (unpaired) electrons. The molecular weight excluding hydrogens is 212 g/mol. The maximum absolute atomic E-state index is 5.28. The highest BCUT2D eigenvalue weighted by Crippen LogP contribution is 2.12. The Kier molecular flexibility index (Phi) is 9.44. The molecule has 0 bridgehead atoms. The Morgan fingerprint density at radius 3 is 2.12 bits per heavy atom. The van der Waals surface area contributed by atoms with Gasteiger partial charge in [0.1, 0.15) is 5.82 Å². The lowest BCUT2D eigenvalue weighted by Crippen LogP contribution is -2.36. The summed E-state index contributed by atoms with van der Waals surface area (Å²) >= 11 is 0. The second-order valence-corrected chi connectivity index (χ2v) is 3.29. The van der Waals surface area contributed by atoms with Crippen LogP contribution in [0, 0.1) is 6.92 Å². The van der Waals surface area contributed by atoms with Crippen molar-refractivity contribution in [2.75, 3.05) is 31.2 Å². The van der Waals surface area contributed by atoms with E-state index < -0.39 is 0 Å². The van der Waals surface area contributed by atoms with Gasteiger partial charge in [-0.1, -0.05) is 33.8 Å². The molecule has 0 amide bonds. The van der Waals surface area contributed by atoms with Crippen LogP contribution in [0.3, 0.4) is 0 Å². The molecule has 1 aliphatic heterocycles. The van der Waals surface area contributed by atoms with Gasteiger partial charge in [-0.25, -0.2) is 4.98 Å². The predicted octanol–water partition coefficient (Wildman–Crippen LogP) is 3.28. The average molecular weight is 238 g/mol. The topological polar surface area (TPSA) is 25.4 Å². The van der Waals surface area contributed by atoms with Gasteiger partial charge in [0.05, 0.1) is 13.2 Å². The first-order chi connectivity index (χ1) is 8.36. The van der Waals surface area contributed by atoms with Crippen molar-refractivity contribution in [2.24, 2.45) is 0 Å². The Balaban J connectivity index is 0.000000581. The maximum Gasteiger partial charge on any atom is 0.128 e. The summed E-state index contributed by atoms with van der Waals surface area (Å²) < 4.78 is 5.28. The van der Waals surface area contributed by atoms with Crippen molar-refractivity contribution in [1.82, 2.24) is 4.98 Å². The van der Waals surface area contributed by atoms with Crippen LogP contribution in [-0.4, -0.2) is 31.3 Å². The first kappa shape index (κ1) is 15.9. The number of hydrogen-bond donors (Lipinski definition) is 0. The van der Waals surface area contributed by atoms with E-state index in [0.717, 1.165) is 32.1 Å². The van der Waals surface area contributed by atoms with Crippen molar-refractivity contribution in [3.63, 3.8) is 0 Å². The number of rotatable bonds is 1. The summed E-state index contributed by atoms with van der Waals surface area (Å²) in [6.45, 7) is 13.6. The summed E-state index contributed by atoms with van der Waals surface area (Å²) in [5.74, 6) is 1.06. The van der Waals surface area contributed by atoms with E-state index >= 15 is 0 Å². The second-order valence-electron chi connectivity index (χ2n) is 3.29. The van der Waals surface area contributed by atoms with Crippen LogP contribution in [0.1, 0.15) is 33.3 Å². The van der Waals surface area contributed by atoms with E-state index in [1.165, 1.54) is 5.56 Å². The van der Waals surface area contributed by atoms with E-state index in [1.807, 2.05) is 33.9 Å². The molecule has 1 aromatic rings. The van der Waals surface area contributed by atoms with Crippen LogP contribution in [0.15, 0.2) is 18.3 Å². The van der Waals surface area contributed by atoms with Crippen LogP contribution in [0.4, 0.5) is 5.82 Å². The molecule has 2 heterocycles. The molecule has 1 aliphatic rings. The Bertz CT molecular complexity index is 266. The SMILES string of the molecule is CC.CC.Cc1ccc(N2CCOCC2)nc1. The first-order valence-corrected chi connectivity index (χ1v) is 6.61. The molecule has 0 unspecified atom stereocenters. The average Bonchev–Trinajstić information content (AvgIpc) is 2.45. The normalized spacial score (nSPS) is 14.1. The zero-order valence-corrected chi connectivity index (χ0v) is 11.9. The predicted molar refractivity (Wildman–Crippen MR) is 74.7 cm³/mol. The largest absolute Gasteiger partial charge is 0.378 e. The summed E-state index contributed by atoms with van der Waals surface area (Å²) in [6.07, 6.45) is 1.91. The third-order valence-corrected chi connectivity index (χ3v) is 2.23. The van der Waals surface area contributed by atoms with Crippen molar-refractivity contribution in [3.8, 4) is 0 Å². The quantitative estimate of drug-likeness (QED) is 0.751. The molecule has 0 aromatic carbocycles. The fourth-order valence-corrected chi connectivity index (χ4v) is 1.44. The smallest absolute Gasteiger partial charge is 0.128 e. The van der Waals surface area contributed by atoms with E-state index in [4.69, 9.17) is 4.74 Å². The summed E-state index contributed by atoms with van der Waals surface area (Å²) in [5, 5.41) is 0. The Morgan fingerprint density at radius 2 is 1.65 bits per heavy atom. The Morgan fingerprint density at radius 1 is 1.06 bits per heavy atom. The molecule has 2 rings (SSSR count). The zero-order valence-electron chi connectivity index (χ0n) is 11.9. The molecule has 3 nitrogen and oxygen atoms in total. The third-order valence-electron chi connectivity index (χ3n) is 2.23. The van der Waals surface area contributed by atoms with E-state index in [-0.39, 0.29) is 0 Å². The molecule has 1 aromatic heterocycles. The fourth-order valence-electron chi connectivity index (χ4n) is 1.44. The van der Waals surface area contributed by atoms with Crippen LogP contribution in [0.2, 0.25) is 0 Å². The lowest BCUT2D eigenvalue weighted by atomic mass is 10.3. The maximum atomic E-state index is 5.28. The molecule has 0 N–H and O–H groups in total. The number of morpholine rings is 1. The molecule has 0 atom stereocenters. The first-order valence-electron chi connectivity index (χ1n) is 6.61. The fraction of sp³-hybridized carbons (Fsp3) is 0.643. The van der Waals surface area contributed by atoms with Crippen LogP contribution in [0.25, 0.3) is 0 Å². The number of aryl methyl sites for hydroxylation is 1. The van der Waals surface area contributed by atoms with Crippen LogP contribution >= 0.6 is 0 Å². The van der Waals surface area contributed by atoms with Crippen molar-refractivity contribution in [1.29, 1.82) is 0 Å². The van der Waals surface area contributed by atoms with E-state index in [2.05, 4.69) is 28.9 Å². The highest BCUT2D eigenvalue weighted by molar-refractivity contribution is 5.39. The minimum Gasteiger partial charge on any atom is -0.378 e. The van der Waals surface area contributed by atoms with Gasteiger partial charge in [-0.05, 0) is 18.6 Å². The minimum absolute atomic E-state index is 0.815. The number of anilines is 1. The van der Waals surface area contributed by atoms with Gasteiger partial charge in [-0.3, -0.25) is 0 Å². The van der Waals surface area contributed by atoms with Gasteiger partial charge in [0.2, 0.25) is 0 Å². The van der Waals surface area contributed by atoms with Gasteiger partial charge >= 0.3 is 0 Å². The lowest BCUT2D eigenvalue weighted by molar-refractivity contribution is 0.122. The molecule has 0 aliphatic carbocycles. The van der Waals surface area contributed by atoms with Crippen molar-refractivity contribution in [2.45, 2.75) is 34.6 Å². The summed E-state index contributed by atoms with van der Waals surface area (Å²) in [5.41, 5.74) is 1.21. The molecule has 1 fully saturated rings. The highest BCUT2D eigenvalue weighted by atomic mass is 16.5. The molecule has 3 heteroatoms. The molecule has 98 valence electrons. The number of hydrogen-bond acceptors (Lipinski definition) is 3. The molecule has 1 saturated heterocycles. The van der Waals surface area contributed by atoms with Crippen molar-refractivity contribution >= 4 is 5.82 Å². The van der Waals surface area contributed by atoms with Crippen molar-refractivity contribution < 1.29 is 4.74 Å². The van der Waals surface area contributed by atoms with E-state index in [1.54, 1.807) is 0 Å². The molecule has 17 heavy (non-hydrogen) atoms. The van der Waals surface area contributed by atoms with Gasteiger partial charge in [-0.15, -0.1) is 0 Å². The summed E-state index contributed by atoms with van der Waals surface area (Å²) in [7, 11) is 0. The summed E-state index contributed by atoms with van der Waals surface area (Å²) in [6, 6.07) is 4.17. The standard InChI is InChI=1S/C10H14N2O.2C2H6/c1-9-2-3-10(11-8-9)12-4-6-13-7-5-12;2*1-2/h2-3,8H,4-7H2,1H3;2*1-2H3. The van der Waals surface area contributed by atoms with Gasteiger partial charge in [0.25, 0.3) is 0 Å². The van der Waals surface area contributed by atoms with Crippen LogP contribution in [0.5, 0.6) is 0 Å². The number of ether oxygens (including phenoxy) is 1. The number of aromatic nitrogens is 1. The van der Waals surface area contributed by atoms with Crippen LogP contribution < -0.4 is 4.90 Å². The summed E-state index contributed by atoms with van der Waals surface area (Å²) in [4.78, 5) is 6.63. The monoisotopic (exact) mass is 238 g/mol. The van der Waals surface area contributed by atoms with Gasteiger partial charge in [0, 0.05) is 19.3 Å². The van der Waals surface area contributed by atoms with Gasteiger partial charge in [0.15, 0.2) is 0 Å². The van der Waals surface area contributed by atoms with Gasteiger partial charge < -0.3 is 9.64 Å². The van der Waals surface area contributed by atoms with Crippen LogP contribution in [-0.2, 0) is 4.74 Å². The van der Waals surface area contributed by atoms with Gasteiger partial charge in [-0.2, -0.15) is 0 Å². The zero-order chi connectivity index (χ0) is 13.1. The van der Waals surface area contributed by atoms with E-state index in [0.29, 0.717) is 0 Å². The second kappa shape index (κ2) is 10.1. The number of nitrogens with zero attached hydrogens (tertiary/aromatic N) is 2. The number of pyridine rings is 1. The molecular formula is C14H26N2O. The van der Waals surface area contributed by atoms with Crippen molar-refractivity contribution in [3.05, 3.63) is 23.9 Å². The Labute approximate surface area is 106 Å². The van der Waals surface area contributed by atoms with E-state index in [9.17, 15) is 0 Å². The lowest BCUT2D eigenvalue weighted by Gasteiger charge is -2.27. The minimum atomic E-state index is 0.815. The third kappa shape index (κ3) is 5.68. The molecule has 0 spiro atoms.